The highest BCUT2D eigenvalue weighted by atomic mass is 16.3. The number of hydrogen-bond donors (Lipinski definition) is 3. The van der Waals surface area contributed by atoms with Crippen LogP contribution in [0.15, 0.2) is 24.3 Å². The predicted octanol–water partition coefficient (Wildman–Crippen LogP) is 0.893. The summed E-state index contributed by atoms with van der Waals surface area (Å²) in [6.45, 7) is 1.82. The van der Waals surface area contributed by atoms with Gasteiger partial charge >= 0.3 is 0 Å². The molecule has 1 rings (SSSR count). The zero-order chi connectivity index (χ0) is 11.3. The fourth-order valence-corrected chi connectivity index (χ4v) is 1.16. The first-order chi connectivity index (χ1) is 7.17. The molecule has 0 bridgehead atoms. The van der Waals surface area contributed by atoms with Gasteiger partial charge in [-0.2, -0.15) is 0 Å². The topological polar surface area (TPSA) is 69.6 Å². The van der Waals surface area contributed by atoms with Crippen molar-refractivity contribution in [3.8, 4) is 5.75 Å². The Bertz CT molecular complexity index is 317. The van der Waals surface area contributed by atoms with Gasteiger partial charge in [-0.15, -0.1) is 0 Å². The van der Waals surface area contributed by atoms with E-state index in [1.54, 1.807) is 0 Å². The number of amides is 1. The number of benzene rings is 1. The molecule has 0 aliphatic rings. The molecule has 0 aliphatic heterocycles. The van der Waals surface area contributed by atoms with E-state index >= 15 is 0 Å². The fourth-order valence-electron chi connectivity index (χ4n) is 1.16. The van der Waals surface area contributed by atoms with Crippen LogP contribution in [-0.4, -0.2) is 28.8 Å². The SMILES string of the molecule is CCC(CO)NC(=O)c1ccc(O)cc1. The van der Waals surface area contributed by atoms with E-state index in [4.69, 9.17) is 10.2 Å². The second-order valence-electron chi connectivity index (χ2n) is 3.31. The van der Waals surface area contributed by atoms with Gasteiger partial charge in [0.1, 0.15) is 5.75 Å². The summed E-state index contributed by atoms with van der Waals surface area (Å²) in [5, 5.41) is 20.6. The number of phenols is 1. The summed E-state index contributed by atoms with van der Waals surface area (Å²) < 4.78 is 0. The number of phenolic OH excluding ortho intramolecular Hbond substituents is 1. The number of hydrogen-bond acceptors (Lipinski definition) is 3. The second-order valence-corrected chi connectivity index (χ2v) is 3.31. The fraction of sp³-hybridized carbons (Fsp3) is 0.364. The Morgan fingerprint density at radius 1 is 1.40 bits per heavy atom. The smallest absolute Gasteiger partial charge is 0.251 e. The van der Waals surface area contributed by atoms with Crippen LogP contribution in [0, 0.1) is 0 Å². The summed E-state index contributed by atoms with van der Waals surface area (Å²) in [4.78, 5) is 11.6. The maximum atomic E-state index is 11.6. The molecule has 4 heteroatoms. The van der Waals surface area contributed by atoms with Gasteiger partial charge in [0.25, 0.3) is 5.91 Å². The Morgan fingerprint density at radius 3 is 2.47 bits per heavy atom. The lowest BCUT2D eigenvalue weighted by molar-refractivity contribution is 0.0915. The number of aliphatic hydroxyl groups excluding tert-OH is 1. The van der Waals surface area contributed by atoms with Crippen LogP contribution < -0.4 is 5.32 Å². The summed E-state index contributed by atoms with van der Waals surface area (Å²) in [6, 6.07) is 5.76. The predicted molar refractivity (Wildman–Crippen MR) is 56.7 cm³/mol. The summed E-state index contributed by atoms with van der Waals surface area (Å²) in [6.07, 6.45) is 0.681. The van der Waals surface area contributed by atoms with E-state index in [0.717, 1.165) is 0 Å². The summed E-state index contributed by atoms with van der Waals surface area (Å²) >= 11 is 0. The Morgan fingerprint density at radius 2 is 2.00 bits per heavy atom. The minimum Gasteiger partial charge on any atom is -0.508 e. The van der Waals surface area contributed by atoms with Crippen LogP contribution in [0.4, 0.5) is 0 Å². The average Bonchev–Trinajstić information content (AvgIpc) is 2.26. The van der Waals surface area contributed by atoms with Gasteiger partial charge in [0.05, 0.1) is 12.6 Å². The molecule has 0 saturated carbocycles. The summed E-state index contributed by atoms with van der Waals surface area (Å²) in [5.74, 6) is -0.114. The molecule has 4 nitrogen and oxygen atoms in total. The molecule has 0 fully saturated rings. The molecule has 82 valence electrons. The number of carbonyl (C=O) groups is 1. The highest BCUT2D eigenvalue weighted by Gasteiger charge is 2.10. The molecule has 0 radical (unpaired) electrons. The van der Waals surface area contributed by atoms with Gasteiger partial charge in [-0.1, -0.05) is 6.92 Å². The van der Waals surface area contributed by atoms with Gasteiger partial charge in [0, 0.05) is 5.56 Å². The van der Waals surface area contributed by atoms with Crippen LogP contribution in [-0.2, 0) is 0 Å². The van der Waals surface area contributed by atoms with Crippen molar-refractivity contribution < 1.29 is 15.0 Å². The van der Waals surface area contributed by atoms with Crippen molar-refractivity contribution in [1.82, 2.24) is 5.32 Å². The highest BCUT2D eigenvalue weighted by Crippen LogP contribution is 2.09. The van der Waals surface area contributed by atoms with E-state index in [1.165, 1.54) is 24.3 Å². The first kappa shape index (κ1) is 11.5. The molecule has 15 heavy (non-hydrogen) atoms. The highest BCUT2D eigenvalue weighted by molar-refractivity contribution is 5.94. The van der Waals surface area contributed by atoms with Crippen LogP contribution in [0.2, 0.25) is 0 Å². The molecular formula is C11H15NO3. The summed E-state index contributed by atoms with van der Waals surface area (Å²) in [5.41, 5.74) is 0.472. The van der Waals surface area contributed by atoms with Crippen LogP contribution in [0.5, 0.6) is 5.75 Å². The molecule has 1 atom stereocenters. The molecule has 0 aliphatic carbocycles. The van der Waals surface area contributed by atoms with Crippen molar-refractivity contribution in [2.24, 2.45) is 0 Å². The third-order valence-electron chi connectivity index (χ3n) is 2.18. The van der Waals surface area contributed by atoms with Gasteiger partial charge in [-0.25, -0.2) is 0 Å². The molecule has 3 N–H and O–H groups in total. The van der Waals surface area contributed by atoms with Crippen molar-refractivity contribution in [2.45, 2.75) is 19.4 Å². The Balaban J connectivity index is 2.64. The minimum atomic E-state index is -0.240. The van der Waals surface area contributed by atoms with Crippen LogP contribution in [0.25, 0.3) is 0 Å². The first-order valence-corrected chi connectivity index (χ1v) is 4.88. The monoisotopic (exact) mass is 209 g/mol. The van der Waals surface area contributed by atoms with Crippen molar-refractivity contribution in [2.75, 3.05) is 6.61 Å². The van der Waals surface area contributed by atoms with Crippen molar-refractivity contribution in [3.63, 3.8) is 0 Å². The minimum absolute atomic E-state index is 0.0691. The largest absolute Gasteiger partial charge is 0.508 e. The van der Waals surface area contributed by atoms with E-state index in [-0.39, 0.29) is 24.3 Å². The maximum absolute atomic E-state index is 11.6. The normalized spacial score (nSPS) is 12.1. The van der Waals surface area contributed by atoms with Gasteiger partial charge in [-0.3, -0.25) is 4.79 Å². The van der Waals surface area contributed by atoms with Gasteiger partial charge in [0.15, 0.2) is 0 Å². The molecule has 0 aromatic heterocycles. The van der Waals surface area contributed by atoms with E-state index in [9.17, 15) is 4.79 Å². The quantitative estimate of drug-likeness (QED) is 0.689. The second kappa shape index (κ2) is 5.36. The number of carbonyl (C=O) groups excluding carboxylic acids is 1. The van der Waals surface area contributed by atoms with Crippen LogP contribution in [0.3, 0.4) is 0 Å². The Hall–Kier alpha value is -1.55. The van der Waals surface area contributed by atoms with Gasteiger partial charge in [-0.05, 0) is 30.7 Å². The van der Waals surface area contributed by atoms with E-state index in [2.05, 4.69) is 5.32 Å². The van der Waals surface area contributed by atoms with Crippen molar-refractivity contribution in [3.05, 3.63) is 29.8 Å². The number of aromatic hydroxyl groups is 1. The third-order valence-corrected chi connectivity index (χ3v) is 2.18. The molecule has 1 amide bonds. The Labute approximate surface area is 88.6 Å². The lowest BCUT2D eigenvalue weighted by Gasteiger charge is -2.13. The van der Waals surface area contributed by atoms with Crippen LogP contribution >= 0.6 is 0 Å². The molecule has 1 aromatic rings. The number of aliphatic hydroxyl groups is 1. The molecular weight excluding hydrogens is 194 g/mol. The molecule has 0 spiro atoms. The number of rotatable bonds is 4. The summed E-state index contributed by atoms with van der Waals surface area (Å²) in [7, 11) is 0. The van der Waals surface area contributed by atoms with Gasteiger partial charge < -0.3 is 15.5 Å². The Kier molecular flexibility index (Phi) is 4.12. The van der Waals surface area contributed by atoms with E-state index < -0.39 is 0 Å². The lowest BCUT2D eigenvalue weighted by atomic mass is 10.1. The van der Waals surface area contributed by atoms with Crippen LogP contribution in [0.1, 0.15) is 23.7 Å². The zero-order valence-corrected chi connectivity index (χ0v) is 8.60. The molecule has 1 unspecified atom stereocenters. The van der Waals surface area contributed by atoms with E-state index in [1.807, 2.05) is 6.92 Å². The van der Waals surface area contributed by atoms with E-state index in [0.29, 0.717) is 12.0 Å². The number of nitrogens with one attached hydrogen (secondary N) is 1. The first-order valence-electron chi connectivity index (χ1n) is 4.88. The zero-order valence-electron chi connectivity index (χ0n) is 8.60. The lowest BCUT2D eigenvalue weighted by Crippen LogP contribution is -2.36. The third kappa shape index (κ3) is 3.25. The molecule has 0 heterocycles. The molecule has 1 aromatic carbocycles. The standard InChI is InChI=1S/C11H15NO3/c1-2-9(7-13)12-11(15)8-3-5-10(14)6-4-8/h3-6,9,13-14H,2,7H2,1H3,(H,12,15). The molecule has 0 saturated heterocycles. The average molecular weight is 209 g/mol. The maximum Gasteiger partial charge on any atom is 0.251 e. The van der Waals surface area contributed by atoms with Crippen molar-refractivity contribution in [1.29, 1.82) is 0 Å². The van der Waals surface area contributed by atoms with Gasteiger partial charge in [0.2, 0.25) is 0 Å². The van der Waals surface area contributed by atoms with Crippen molar-refractivity contribution >= 4 is 5.91 Å².